The molecule has 1 aliphatic rings. The van der Waals surface area contributed by atoms with Crippen LogP contribution in [0.3, 0.4) is 0 Å². The number of nitrogens with zero attached hydrogens (tertiary/aromatic N) is 1. The predicted molar refractivity (Wildman–Crippen MR) is 75.3 cm³/mol. The molecule has 0 bridgehead atoms. The molecule has 1 rings (SSSR count). The highest BCUT2D eigenvalue weighted by Crippen LogP contribution is 2.37. The molecule has 0 amide bonds. The smallest absolute Gasteiger partial charge is 0.206 e. The van der Waals surface area contributed by atoms with Crippen LogP contribution >= 0.6 is 0 Å². The number of ether oxygens (including phenoxy) is 1. The summed E-state index contributed by atoms with van der Waals surface area (Å²) in [6.07, 6.45) is 4.92. The molecule has 4 N–H and O–H groups in total. The van der Waals surface area contributed by atoms with Crippen molar-refractivity contribution in [3.05, 3.63) is 0 Å². The topological polar surface area (TPSA) is 71.7 Å². The first kappa shape index (κ1) is 15.2. The lowest BCUT2D eigenvalue weighted by molar-refractivity contribution is 0.178. The summed E-state index contributed by atoms with van der Waals surface area (Å²) in [5.74, 6) is 6.21. The Morgan fingerprint density at radius 2 is 2.22 bits per heavy atom. The summed E-state index contributed by atoms with van der Waals surface area (Å²) in [7, 11) is 1.69. The maximum absolute atomic E-state index is 5.54. The number of aliphatic imine (C=N–C) groups is 1. The zero-order chi connectivity index (χ0) is 13.6. The van der Waals surface area contributed by atoms with Crippen LogP contribution in [0, 0.1) is 5.41 Å². The third kappa shape index (κ3) is 4.46. The summed E-state index contributed by atoms with van der Waals surface area (Å²) in [4.78, 5) is 4.74. The van der Waals surface area contributed by atoms with Crippen molar-refractivity contribution in [3.63, 3.8) is 0 Å². The van der Waals surface area contributed by atoms with Crippen LogP contribution in [-0.4, -0.2) is 31.8 Å². The Hall–Kier alpha value is -0.810. The lowest BCUT2D eigenvalue weighted by Gasteiger charge is -2.36. The lowest BCUT2D eigenvalue weighted by atomic mass is 9.73. The van der Waals surface area contributed by atoms with Gasteiger partial charge < -0.3 is 10.1 Å². The van der Waals surface area contributed by atoms with E-state index in [4.69, 9.17) is 15.6 Å². The average molecular weight is 256 g/mol. The standard InChI is InChI=1S/C13H28N4O/c1-10(9-18-4)15-12(17-14)16-11-7-5-6-8-13(11,2)3/h10-11H,5-9,14H2,1-4H3,(H2,15,16,17). The van der Waals surface area contributed by atoms with Gasteiger partial charge >= 0.3 is 0 Å². The molecule has 0 aromatic rings. The van der Waals surface area contributed by atoms with Gasteiger partial charge in [-0.3, -0.25) is 5.43 Å². The largest absolute Gasteiger partial charge is 0.383 e. The summed E-state index contributed by atoms with van der Waals surface area (Å²) < 4.78 is 5.09. The fourth-order valence-electron chi connectivity index (χ4n) is 2.51. The quantitative estimate of drug-likeness (QED) is 0.308. The summed E-state index contributed by atoms with van der Waals surface area (Å²) in [6, 6.07) is 0.524. The van der Waals surface area contributed by atoms with Gasteiger partial charge in [0.1, 0.15) is 0 Å². The maximum atomic E-state index is 5.54. The first-order chi connectivity index (χ1) is 8.49. The van der Waals surface area contributed by atoms with Crippen LogP contribution in [0.4, 0.5) is 0 Å². The van der Waals surface area contributed by atoms with Gasteiger partial charge in [0.2, 0.25) is 5.96 Å². The number of guanidine groups is 1. The van der Waals surface area contributed by atoms with Gasteiger partial charge in [-0.15, -0.1) is 0 Å². The number of nitrogens with one attached hydrogen (secondary N) is 2. The molecule has 18 heavy (non-hydrogen) atoms. The molecule has 0 heterocycles. The first-order valence-electron chi connectivity index (χ1n) is 6.79. The van der Waals surface area contributed by atoms with E-state index in [0.717, 1.165) is 6.42 Å². The van der Waals surface area contributed by atoms with Crippen LogP contribution < -0.4 is 16.6 Å². The molecule has 0 aliphatic heterocycles. The van der Waals surface area contributed by atoms with Crippen molar-refractivity contribution in [3.8, 4) is 0 Å². The summed E-state index contributed by atoms with van der Waals surface area (Å²) in [5.41, 5.74) is 2.92. The average Bonchev–Trinajstić information content (AvgIpc) is 2.30. The van der Waals surface area contributed by atoms with Gasteiger partial charge in [-0.2, -0.15) is 0 Å². The number of hydrazine groups is 1. The Morgan fingerprint density at radius 3 is 2.78 bits per heavy atom. The van der Waals surface area contributed by atoms with Gasteiger partial charge in [-0.05, 0) is 25.2 Å². The Balaban J connectivity index is 2.64. The van der Waals surface area contributed by atoms with Crippen LogP contribution in [0.5, 0.6) is 0 Å². The predicted octanol–water partition coefficient (Wildman–Crippen LogP) is 1.40. The van der Waals surface area contributed by atoms with Crippen LogP contribution in [-0.2, 0) is 4.74 Å². The van der Waals surface area contributed by atoms with E-state index >= 15 is 0 Å². The van der Waals surface area contributed by atoms with Gasteiger partial charge in [0, 0.05) is 13.2 Å². The number of nitrogens with two attached hydrogens (primary N) is 1. The van der Waals surface area contributed by atoms with Crippen molar-refractivity contribution in [1.82, 2.24) is 10.7 Å². The van der Waals surface area contributed by atoms with Gasteiger partial charge in [-0.1, -0.05) is 26.7 Å². The van der Waals surface area contributed by atoms with Crippen molar-refractivity contribution < 1.29 is 4.74 Å². The van der Waals surface area contributed by atoms with E-state index in [9.17, 15) is 0 Å². The zero-order valence-electron chi connectivity index (χ0n) is 12.1. The fourth-order valence-corrected chi connectivity index (χ4v) is 2.51. The molecule has 0 spiro atoms. The van der Waals surface area contributed by atoms with Crippen molar-refractivity contribution in [2.75, 3.05) is 13.7 Å². The normalized spacial score (nSPS) is 25.6. The summed E-state index contributed by atoms with van der Waals surface area (Å²) in [5, 5.41) is 3.24. The van der Waals surface area contributed by atoms with E-state index in [-0.39, 0.29) is 11.5 Å². The van der Waals surface area contributed by atoms with Crippen LogP contribution in [0.1, 0.15) is 46.5 Å². The van der Waals surface area contributed by atoms with Gasteiger partial charge in [-0.25, -0.2) is 10.8 Å². The first-order valence-corrected chi connectivity index (χ1v) is 6.79. The number of rotatable bonds is 4. The summed E-state index contributed by atoms with van der Waals surface area (Å²) >= 11 is 0. The maximum Gasteiger partial charge on any atom is 0.206 e. The molecule has 106 valence electrons. The van der Waals surface area contributed by atoms with E-state index < -0.39 is 0 Å². The highest BCUT2D eigenvalue weighted by atomic mass is 16.5. The number of hydrogen-bond donors (Lipinski definition) is 3. The minimum Gasteiger partial charge on any atom is -0.383 e. The highest BCUT2D eigenvalue weighted by Gasteiger charge is 2.32. The molecule has 5 nitrogen and oxygen atoms in total. The Kier molecular flexibility index (Phi) is 5.88. The minimum absolute atomic E-state index is 0.191. The minimum atomic E-state index is 0.191. The molecule has 0 aromatic carbocycles. The van der Waals surface area contributed by atoms with E-state index in [1.807, 2.05) is 6.92 Å². The second-order valence-electron chi connectivity index (χ2n) is 5.87. The SMILES string of the molecule is COCC(C)NC(=NC1CCCCC1(C)C)NN. The molecule has 0 aromatic heterocycles. The fraction of sp³-hybridized carbons (Fsp3) is 0.923. The second kappa shape index (κ2) is 6.95. The molecule has 2 atom stereocenters. The monoisotopic (exact) mass is 256 g/mol. The number of methoxy groups -OCH3 is 1. The van der Waals surface area contributed by atoms with Crippen LogP contribution in [0.2, 0.25) is 0 Å². The number of hydrogen-bond acceptors (Lipinski definition) is 3. The van der Waals surface area contributed by atoms with Crippen LogP contribution in [0.15, 0.2) is 4.99 Å². The Morgan fingerprint density at radius 1 is 1.50 bits per heavy atom. The van der Waals surface area contributed by atoms with E-state index in [1.165, 1.54) is 19.3 Å². The second-order valence-corrected chi connectivity index (χ2v) is 5.87. The van der Waals surface area contributed by atoms with E-state index in [0.29, 0.717) is 18.6 Å². The zero-order valence-corrected chi connectivity index (χ0v) is 12.1. The molecule has 1 saturated carbocycles. The van der Waals surface area contributed by atoms with Gasteiger partial charge in [0.05, 0.1) is 12.6 Å². The van der Waals surface area contributed by atoms with E-state index in [2.05, 4.69) is 24.6 Å². The van der Waals surface area contributed by atoms with Crippen molar-refractivity contribution >= 4 is 5.96 Å². The van der Waals surface area contributed by atoms with Crippen molar-refractivity contribution in [2.24, 2.45) is 16.3 Å². The molecular weight excluding hydrogens is 228 g/mol. The molecule has 0 radical (unpaired) electrons. The van der Waals surface area contributed by atoms with Crippen LogP contribution in [0.25, 0.3) is 0 Å². The molecule has 1 aliphatic carbocycles. The third-order valence-corrected chi connectivity index (χ3v) is 3.67. The van der Waals surface area contributed by atoms with Gasteiger partial charge in [0.25, 0.3) is 0 Å². The Bertz CT molecular complexity index is 278. The lowest BCUT2D eigenvalue weighted by Crippen LogP contribution is -2.48. The van der Waals surface area contributed by atoms with Crippen molar-refractivity contribution in [1.29, 1.82) is 0 Å². The van der Waals surface area contributed by atoms with E-state index in [1.54, 1.807) is 7.11 Å². The Labute approximate surface area is 111 Å². The molecule has 1 fully saturated rings. The molecular formula is C13H28N4O. The third-order valence-electron chi connectivity index (χ3n) is 3.67. The molecule has 0 saturated heterocycles. The molecule has 5 heteroatoms. The van der Waals surface area contributed by atoms with Crippen molar-refractivity contribution in [2.45, 2.75) is 58.5 Å². The van der Waals surface area contributed by atoms with Gasteiger partial charge in [0.15, 0.2) is 0 Å². The summed E-state index contributed by atoms with van der Waals surface area (Å²) in [6.45, 7) is 7.25. The molecule has 2 unspecified atom stereocenters. The highest BCUT2D eigenvalue weighted by molar-refractivity contribution is 5.79.